The molecule has 0 spiro atoms. The van der Waals surface area contributed by atoms with E-state index >= 15 is 0 Å². The van der Waals surface area contributed by atoms with Crippen LogP contribution in [0.1, 0.15) is 0 Å². The zero-order valence-electron chi connectivity index (χ0n) is 6.33. The molecule has 0 unspecified atom stereocenters. The summed E-state index contributed by atoms with van der Waals surface area (Å²) in [6.07, 6.45) is 0. The highest BCUT2D eigenvalue weighted by molar-refractivity contribution is 5.82. The van der Waals surface area contributed by atoms with Gasteiger partial charge in [0.05, 0.1) is 6.54 Å². The standard InChI is InChI=1S/C4H8N2O3.CH5N/c5-1-3(7)6-2-4(8)9;1-2/h1-2,5H2,(H,6,7)(H,8,9);2H2,1H3. The summed E-state index contributed by atoms with van der Waals surface area (Å²) in [5.41, 5.74) is 9.35. The minimum atomic E-state index is -1.07. The van der Waals surface area contributed by atoms with Crippen LogP contribution in [0.2, 0.25) is 0 Å². The molecule has 0 fully saturated rings. The van der Waals surface area contributed by atoms with Gasteiger partial charge in [-0.2, -0.15) is 0 Å². The van der Waals surface area contributed by atoms with Crippen molar-refractivity contribution >= 4 is 11.9 Å². The van der Waals surface area contributed by atoms with Crippen molar-refractivity contribution < 1.29 is 14.7 Å². The van der Waals surface area contributed by atoms with Gasteiger partial charge in [0.2, 0.25) is 5.91 Å². The highest BCUT2D eigenvalue weighted by atomic mass is 16.4. The van der Waals surface area contributed by atoms with E-state index in [0.717, 1.165) is 0 Å². The molecule has 0 aromatic carbocycles. The van der Waals surface area contributed by atoms with E-state index in [1.165, 1.54) is 7.05 Å². The fourth-order valence-electron chi connectivity index (χ4n) is 0.246. The number of carboxylic acid groups (broad SMARTS) is 1. The maximum absolute atomic E-state index is 10.2. The fraction of sp³-hybridized carbons (Fsp3) is 0.600. The third kappa shape index (κ3) is 12.1. The predicted octanol–water partition coefficient (Wildman–Crippen LogP) is -2.28. The van der Waals surface area contributed by atoms with Crippen LogP contribution in [0, 0.1) is 0 Å². The number of rotatable bonds is 3. The van der Waals surface area contributed by atoms with Crippen molar-refractivity contribution in [2.75, 3.05) is 20.1 Å². The van der Waals surface area contributed by atoms with E-state index in [1.54, 1.807) is 0 Å². The van der Waals surface area contributed by atoms with Crippen LogP contribution in [0.4, 0.5) is 0 Å². The van der Waals surface area contributed by atoms with Gasteiger partial charge in [-0.3, -0.25) is 9.59 Å². The van der Waals surface area contributed by atoms with Gasteiger partial charge in [-0.1, -0.05) is 0 Å². The molecule has 66 valence electrons. The Kier molecular flexibility index (Phi) is 10.1. The zero-order valence-corrected chi connectivity index (χ0v) is 6.33. The minimum Gasteiger partial charge on any atom is -0.480 e. The predicted molar refractivity (Wildman–Crippen MR) is 39.8 cm³/mol. The molecule has 0 aliphatic carbocycles. The van der Waals surface area contributed by atoms with Crippen molar-refractivity contribution in [3.63, 3.8) is 0 Å². The van der Waals surface area contributed by atoms with E-state index in [9.17, 15) is 9.59 Å². The number of hydrogen-bond acceptors (Lipinski definition) is 4. The summed E-state index contributed by atoms with van der Waals surface area (Å²) in [5.74, 6) is -1.53. The number of nitrogens with two attached hydrogens (primary N) is 2. The largest absolute Gasteiger partial charge is 0.480 e. The number of nitrogens with one attached hydrogen (secondary N) is 1. The smallest absolute Gasteiger partial charge is 0.322 e. The average Bonchev–Trinajstić information content (AvgIpc) is 2.04. The van der Waals surface area contributed by atoms with Crippen LogP contribution >= 0.6 is 0 Å². The van der Waals surface area contributed by atoms with Gasteiger partial charge in [-0.05, 0) is 7.05 Å². The van der Waals surface area contributed by atoms with Crippen LogP contribution in [0.3, 0.4) is 0 Å². The Morgan fingerprint density at radius 2 is 1.91 bits per heavy atom. The van der Waals surface area contributed by atoms with Crippen LogP contribution < -0.4 is 16.8 Å². The Bertz CT molecular complexity index is 126. The second-order valence-corrected chi connectivity index (χ2v) is 1.37. The molecule has 0 aliphatic heterocycles. The van der Waals surface area contributed by atoms with Crippen molar-refractivity contribution in [1.29, 1.82) is 0 Å². The molecule has 0 aromatic rings. The number of carboxylic acids is 1. The quantitative estimate of drug-likeness (QED) is 0.374. The molecule has 0 rings (SSSR count). The van der Waals surface area contributed by atoms with E-state index < -0.39 is 11.9 Å². The van der Waals surface area contributed by atoms with Crippen molar-refractivity contribution in [1.82, 2.24) is 5.32 Å². The lowest BCUT2D eigenvalue weighted by Crippen LogP contribution is -2.34. The van der Waals surface area contributed by atoms with Crippen LogP contribution in [0.15, 0.2) is 0 Å². The van der Waals surface area contributed by atoms with Gasteiger partial charge in [0, 0.05) is 0 Å². The van der Waals surface area contributed by atoms with Gasteiger partial charge in [-0.15, -0.1) is 0 Å². The summed E-state index contributed by atoms with van der Waals surface area (Å²) in [5, 5.41) is 10.1. The zero-order chi connectivity index (χ0) is 9.28. The lowest BCUT2D eigenvalue weighted by molar-refractivity contribution is -0.137. The van der Waals surface area contributed by atoms with E-state index in [4.69, 9.17) is 10.8 Å². The minimum absolute atomic E-state index is 0.173. The molecule has 0 aliphatic rings. The lowest BCUT2D eigenvalue weighted by Gasteiger charge is -1.95. The number of carbonyl (C=O) groups is 2. The SMILES string of the molecule is CN.NCC(=O)NCC(=O)O. The Labute approximate surface area is 64.6 Å². The Morgan fingerprint density at radius 1 is 1.45 bits per heavy atom. The number of amides is 1. The van der Waals surface area contributed by atoms with Gasteiger partial charge >= 0.3 is 5.97 Å². The molecule has 11 heavy (non-hydrogen) atoms. The first-order valence-electron chi connectivity index (χ1n) is 2.93. The Morgan fingerprint density at radius 3 is 2.18 bits per heavy atom. The van der Waals surface area contributed by atoms with Crippen molar-refractivity contribution in [3.05, 3.63) is 0 Å². The van der Waals surface area contributed by atoms with Crippen LogP contribution in [-0.2, 0) is 9.59 Å². The first-order valence-corrected chi connectivity index (χ1v) is 2.93. The number of hydrogen-bond donors (Lipinski definition) is 4. The number of aliphatic carboxylic acids is 1. The summed E-state index contributed by atoms with van der Waals surface area (Å²) < 4.78 is 0. The topological polar surface area (TPSA) is 118 Å². The maximum atomic E-state index is 10.2. The molecule has 0 atom stereocenters. The van der Waals surface area contributed by atoms with E-state index in [1.807, 2.05) is 0 Å². The summed E-state index contributed by atoms with van der Waals surface area (Å²) >= 11 is 0. The first-order chi connectivity index (χ1) is 5.16. The van der Waals surface area contributed by atoms with E-state index in [-0.39, 0.29) is 13.1 Å². The van der Waals surface area contributed by atoms with Crippen LogP contribution in [0.25, 0.3) is 0 Å². The van der Waals surface area contributed by atoms with Gasteiger partial charge < -0.3 is 21.9 Å². The summed E-state index contributed by atoms with van der Waals surface area (Å²) in [7, 11) is 1.50. The van der Waals surface area contributed by atoms with Gasteiger partial charge in [0.1, 0.15) is 6.54 Å². The van der Waals surface area contributed by atoms with Crippen LogP contribution in [0.5, 0.6) is 0 Å². The lowest BCUT2D eigenvalue weighted by atomic mass is 10.5. The maximum Gasteiger partial charge on any atom is 0.322 e. The molecule has 0 heterocycles. The normalized spacial score (nSPS) is 7.55. The van der Waals surface area contributed by atoms with Crippen LogP contribution in [-0.4, -0.2) is 37.1 Å². The van der Waals surface area contributed by atoms with Gasteiger partial charge in [0.25, 0.3) is 0 Å². The summed E-state index contributed by atoms with van der Waals surface area (Å²) in [6.45, 7) is -0.538. The summed E-state index contributed by atoms with van der Waals surface area (Å²) in [4.78, 5) is 20.0. The second-order valence-electron chi connectivity index (χ2n) is 1.37. The number of carbonyl (C=O) groups excluding carboxylic acids is 1. The fourth-order valence-corrected chi connectivity index (χ4v) is 0.246. The molecule has 0 aromatic heterocycles. The van der Waals surface area contributed by atoms with E-state index in [0.29, 0.717) is 0 Å². The Hall–Kier alpha value is -1.14. The third-order valence-electron chi connectivity index (χ3n) is 0.622. The highest BCUT2D eigenvalue weighted by Crippen LogP contribution is 1.60. The third-order valence-corrected chi connectivity index (χ3v) is 0.622. The van der Waals surface area contributed by atoms with Crippen molar-refractivity contribution in [2.24, 2.45) is 11.5 Å². The second kappa shape index (κ2) is 8.86. The molecule has 6 heteroatoms. The van der Waals surface area contributed by atoms with Crippen molar-refractivity contribution in [3.8, 4) is 0 Å². The van der Waals surface area contributed by atoms with Gasteiger partial charge in [0.15, 0.2) is 0 Å². The highest BCUT2D eigenvalue weighted by Gasteiger charge is 1.98. The molecule has 0 saturated heterocycles. The Balaban J connectivity index is 0. The molecule has 1 amide bonds. The molecular weight excluding hydrogens is 150 g/mol. The molecule has 6 nitrogen and oxygen atoms in total. The van der Waals surface area contributed by atoms with E-state index in [2.05, 4.69) is 11.1 Å². The molecule has 6 N–H and O–H groups in total. The molecule has 0 radical (unpaired) electrons. The average molecular weight is 163 g/mol. The monoisotopic (exact) mass is 163 g/mol. The molecule has 0 bridgehead atoms. The summed E-state index contributed by atoms with van der Waals surface area (Å²) in [6, 6.07) is 0. The van der Waals surface area contributed by atoms with Crippen molar-refractivity contribution in [2.45, 2.75) is 0 Å². The van der Waals surface area contributed by atoms with Gasteiger partial charge in [-0.25, -0.2) is 0 Å². The first kappa shape index (κ1) is 12.5. The molecular formula is C5H13N3O3. The molecule has 0 saturated carbocycles.